The summed E-state index contributed by atoms with van der Waals surface area (Å²) in [5, 5.41) is 0.694. The predicted octanol–water partition coefficient (Wildman–Crippen LogP) is 4.29. The summed E-state index contributed by atoms with van der Waals surface area (Å²) in [6, 6.07) is 12.9. The molecule has 0 unspecified atom stereocenters. The van der Waals surface area contributed by atoms with Gasteiger partial charge in [-0.05, 0) is 42.5 Å². The maximum absolute atomic E-state index is 11.7. The summed E-state index contributed by atoms with van der Waals surface area (Å²) in [6.07, 6.45) is 0. The zero-order valence-corrected chi connectivity index (χ0v) is 12.6. The molecule has 0 atom stereocenters. The van der Waals surface area contributed by atoms with Gasteiger partial charge in [-0.15, -0.1) is 0 Å². The standard InChI is InChI=1S/C15H13ClO3S/c1-18-14-8-7-12(9-13(14)15(17)19-2)20-11-5-3-10(16)4-6-11/h3-9H,1-2H3. The molecule has 3 nitrogen and oxygen atoms in total. The van der Waals surface area contributed by atoms with Crippen molar-refractivity contribution in [3.05, 3.63) is 53.1 Å². The highest BCUT2D eigenvalue weighted by atomic mass is 35.5. The van der Waals surface area contributed by atoms with Crippen LogP contribution in [0.5, 0.6) is 5.75 Å². The second-order valence-electron chi connectivity index (χ2n) is 3.91. The molecule has 0 amide bonds. The van der Waals surface area contributed by atoms with Gasteiger partial charge in [0.15, 0.2) is 0 Å². The molecule has 2 aromatic rings. The molecule has 0 spiro atoms. The van der Waals surface area contributed by atoms with Crippen LogP contribution >= 0.6 is 23.4 Å². The van der Waals surface area contributed by atoms with Crippen molar-refractivity contribution in [1.82, 2.24) is 0 Å². The Balaban J connectivity index is 2.28. The Kier molecular flexibility index (Phi) is 4.93. The predicted molar refractivity (Wildman–Crippen MR) is 79.9 cm³/mol. The molecule has 0 radical (unpaired) electrons. The van der Waals surface area contributed by atoms with Crippen LogP contribution in [0.1, 0.15) is 10.4 Å². The highest BCUT2D eigenvalue weighted by molar-refractivity contribution is 7.99. The first-order chi connectivity index (χ1) is 9.63. The van der Waals surface area contributed by atoms with E-state index in [0.717, 1.165) is 9.79 Å². The lowest BCUT2D eigenvalue weighted by Gasteiger charge is -2.09. The van der Waals surface area contributed by atoms with Crippen LogP contribution in [-0.2, 0) is 4.74 Å². The van der Waals surface area contributed by atoms with Crippen molar-refractivity contribution in [2.75, 3.05) is 14.2 Å². The van der Waals surface area contributed by atoms with E-state index in [1.54, 1.807) is 12.1 Å². The van der Waals surface area contributed by atoms with Crippen molar-refractivity contribution in [3.8, 4) is 5.75 Å². The quantitative estimate of drug-likeness (QED) is 0.790. The van der Waals surface area contributed by atoms with E-state index in [4.69, 9.17) is 21.1 Å². The zero-order valence-electron chi connectivity index (χ0n) is 11.1. The largest absolute Gasteiger partial charge is 0.496 e. The molecular formula is C15H13ClO3S. The van der Waals surface area contributed by atoms with Gasteiger partial charge in [0, 0.05) is 14.8 Å². The number of rotatable bonds is 4. The molecule has 0 aliphatic carbocycles. The molecule has 5 heteroatoms. The number of benzene rings is 2. The zero-order chi connectivity index (χ0) is 14.5. The lowest BCUT2D eigenvalue weighted by Crippen LogP contribution is -2.04. The summed E-state index contributed by atoms with van der Waals surface area (Å²) in [5.74, 6) is 0.0812. The number of methoxy groups -OCH3 is 2. The van der Waals surface area contributed by atoms with Crippen molar-refractivity contribution in [2.45, 2.75) is 9.79 Å². The Morgan fingerprint density at radius 2 is 1.70 bits per heavy atom. The molecule has 0 aromatic heterocycles. The lowest BCUT2D eigenvalue weighted by molar-refractivity contribution is 0.0597. The molecule has 0 aliphatic heterocycles. The normalized spacial score (nSPS) is 10.2. The molecular weight excluding hydrogens is 296 g/mol. The van der Waals surface area contributed by atoms with Crippen LogP contribution in [0.3, 0.4) is 0 Å². The average Bonchev–Trinajstić information content (AvgIpc) is 2.48. The van der Waals surface area contributed by atoms with Gasteiger partial charge in [-0.3, -0.25) is 0 Å². The van der Waals surface area contributed by atoms with Gasteiger partial charge in [0.25, 0.3) is 0 Å². The Morgan fingerprint density at radius 3 is 2.30 bits per heavy atom. The van der Waals surface area contributed by atoms with Crippen LogP contribution in [0.15, 0.2) is 52.3 Å². The Hall–Kier alpha value is -1.65. The first-order valence-corrected chi connectivity index (χ1v) is 7.03. The number of ether oxygens (including phenoxy) is 2. The summed E-state index contributed by atoms with van der Waals surface area (Å²) in [5.41, 5.74) is 0.411. The average molecular weight is 309 g/mol. The van der Waals surface area contributed by atoms with Crippen molar-refractivity contribution in [2.24, 2.45) is 0 Å². The molecule has 0 aliphatic rings. The van der Waals surface area contributed by atoms with E-state index in [-0.39, 0.29) is 0 Å². The van der Waals surface area contributed by atoms with E-state index in [0.29, 0.717) is 16.3 Å². The van der Waals surface area contributed by atoms with Crippen LogP contribution in [0.25, 0.3) is 0 Å². The molecule has 104 valence electrons. The fourth-order valence-corrected chi connectivity index (χ4v) is 2.64. The van der Waals surface area contributed by atoms with E-state index in [9.17, 15) is 4.79 Å². The van der Waals surface area contributed by atoms with Crippen LogP contribution in [-0.4, -0.2) is 20.2 Å². The fraction of sp³-hybridized carbons (Fsp3) is 0.133. The number of esters is 1. The summed E-state index contributed by atoms with van der Waals surface area (Å²) < 4.78 is 9.92. The summed E-state index contributed by atoms with van der Waals surface area (Å²) in [6.45, 7) is 0. The van der Waals surface area contributed by atoms with E-state index >= 15 is 0 Å². The second kappa shape index (κ2) is 6.68. The molecule has 0 N–H and O–H groups in total. The van der Waals surface area contributed by atoms with Crippen molar-refractivity contribution in [3.63, 3.8) is 0 Å². The molecule has 0 saturated heterocycles. The van der Waals surface area contributed by atoms with E-state index in [1.165, 1.54) is 26.0 Å². The Labute approximate surface area is 126 Å². The van der Waals surface area contributed by atoms with E-state index < -0.39 is 5.97 Å². The highest BCUT2D eigenvalue weighted by Gasteiger charge is 2.13. The second-order valence-corrected chi connectivity index (χ2v) is 5.49. The molecule has 0 bridgehead atoms. The minimum atomic E-state index is -0.416. The smallest absolute Gasteiger partial charge is 0.341 e. The van der Waals surface area contributed by atoms with Gasteiger partial charge < -0.3 is 9.47 Å². The van der Waals surface area contributed by atoms with Gasteiger partial charge in [-0.2, -0.15) is 0 Å². The van der Waals surface area contributed by atoms with Crippen molar-refractivity contribution in [1.29, 1.82) is 0 Å². The van der Waals surface area contributed by atoms with Gasteiger partial charge in [0.1, 0.15) is 11.3 Å². The van der Waals surface area contributed by atoms with Gasteiger partial charge in [-0.25, -0.2) is 4.79 Å². The van der Waals surface area contributed by atoms with Crippen molar-refractivity contribution < 1.29 is 14.3 Å². The maximum Gasteiger partial charge on any atom is 0.341 e. The maximum atomic E-state index is 11.7. The minimum Gasteiger partial charge on any atom is -0.496 e. The molecule has 20 heavy (non-hydrogen) atoms. The molecule has 2 rings (SSSR count). The van der Waals surface area contributed by atoms with Crippen LogP contribution in [0.2, 0.25) is 5.02 Å². The SMILES string of the molecule is COC(=O)c1cc(Sc2ccc(Cl)cc2)ccc1OC. The minimum absolute atomic E-state index is 0.411. The summed E-state index contributed by atoms with van der Waals surface area (Å²) in [7, 11) is 2.87. The lowest BCUT2D eigenvalue weighted by atomic mass is 10.2. The van der Waals surface area contributed by atoms with E-state index in [2.05, 4.69) is 0 Å². The third kappa shape index (κ3) is 3.46. The topological polar surface area (TPSA) is 35.5 Å². The molecule has 2 aromatic carbocycles. The number of hydrogen-bond donors (Lipinski definition) is 0. The van der Waals surface area contributed by atoms with Crippen LogP contribution in [0, 0.1) is 0 Å². The first kappa shape index (κ1) is 14.8. The molecule has 0 saturated carbocycles. The Morgan fingerprint density at radius 1 is 1.05 bits per heavy atom. The third-order valence-corrected chi connectivity index (χ3v) is 3.88. The van der Waals surface area contributed by atoms with Crippen LogP contribution in [0.4, 0.5) is 0 Å². The Bertz CT molecular complexity index is 611. The highest BCUT2D eigenvalue weighted by Crippen LogP contribution is 2.32. The third-order valence-electron chi connectivity index (χ3n) is 2.63. The monoisotopic (exact) mass is 308 g/mol. The summed E-state index contributed by atoms with van der Waals surface area (Å²) in [4.78, 5) is 13.7. The van der Waals surface area contributed by atoms with Gasteiger partial charge >= 0.3 is 5.97 Å². The van der Waals surface area contributed by atoms with Gasteiger partial charge in [0.05, 0.1) is 14.2 Å². The summed E-state index contributed by atoms with van der Waals surface area (Å²) >= 11 is 7.39. The van der Waals surface area contributed by atoms with Crippen molar-refractivity contribution >= 4 is 29.3 Å². The van der Waals surface area contributed by atoms with Gasteiger partial charge in [0.2, 0.25) is 0 Å². The number of hydrogen-bond acceptors (Lipinski definition) is 4. The molecule has 0 heterocycles. The number of carbonyl (C=O) groups excluding carboxylic acids is 1. The molecule has 0 fully saturated rings. The fourth-order valence-electron chi connectivity index (χ4n) is 1.66. The van der Waals surface area contributed by atoms with E-state index in [1.807, 2.05) is 30.3 Å². The first-order valence-electron chi connectivity index (χ1n) is 5.84. The number of carbonyl (C=O) groups is 1. The number of halogens is 1. The van der Waals surface area contributed by atoms with Gasteiger partial charge in [-0.1, -0.05) is 23.4 Å². The van der Waals surface area contributed by atoms with Crippen LogP contribution < -0.4 is 4.74 Å².